The van der Waals surface area contributed by atoms with Gasteiger partial charge in [-0.1, -0.05) is 24.3 Å². The normalized spacial score (nSPS) is 12.2. The minimum atomic E-state index is -0.453. The molecule has 1 N–H and O–H groups in total. The van der Waals surface area contributed by atoms with Gasteiger partial charge in [-0.2, -0.15) is 5.10 Å². The summed E-state index contributed by atoms with van der Waals surface area (Å²) in [7, 11) is 0. The van der Waals surface area contributed by atoms with Crippen LogP contribution >= 0.6 is 11.3 Å². The van der Waals surface area contributed by atoms with Crippen LogP contribution in [0.4, 0.5) is 5.69 Å². The molecule has 2 aromatic carbocycles. The monoisotopic (exact) mass is 349 g/mol. The van der Waals surface area contributed by atoms with Crippen molar-refractivity contribution in [2.24, 2.45) is 0 Å². The second kappa shape index (κ2) is 6.45. The van der Waals surface area contributed by atoms with Crippen molar-refractivity contribution >= 4 is 33.1 Å². The highest BCUT2D eigenvalue weighted by atomic mass is 32.1. The Hall–Kier alpha value is -3.06. The van der Waals surface area contributed by atoms with Crippen molar-refractivity contribution in [3.05, 3.63) is 61.2 Å². The Kier molecular flexibility index (Phi) is 3.99. The molecule has 0 saturated carbocycles. The fraction of sp³-hybridized carbons (Fsp3) is 0.111. The minimum Gasteiger partial charge on any atom is -0.324 e. The number of para-hydroxylation sites is 2. The topological polar surface area (TPSA) is 72.7 Å². The first kappa shape index (κ1) is 15.5. The minimum absolute atomic E-state index is 0.154. The Morgan fingerprint density at radius 3 is 2.76 bits per heavy atom. The summed E-state index contributed by atoms with van der Waals surface area (Å²) in [4.78, 5) is 21.1. The van der Waals surface area contributed by atoms with Crippen LogP contribution in [-0.4, -0.2) is 25.7 Å². The fourth-order valence-corrected chi connectivity index (χ4v) is 3.55. The van der Waals surface area contributed by atoms with Crippen LogP contribution in [0.2, 0.25) is 0 Å². The van der Waals surface area contributed by atoms with E-state index in [4.69, 9.17) is 0 Å². The lowest BCUT2D eigenvalue weighted by molar-refractivity contribution is -0.119. The molecule has 7 heteroatoms. The summed E-state index contributed by atoms with van der Waals surface area (Å²) in [6.45, 7) is 1.78. The van der Waals surface area contributed by atoms with Crippen LogP contribution in [0, 0.1) is 0 Å². The van der Waals surface area contributed by atoms with E-state index in [0.29, 0.717) is 0 Å². The van der Waals surface area contributed by atoms with Gasteiger partial charge in [0, 0.05) is 5.56 Å². The summed E-state index contributed by atoms with van der Waals surface area (Å²) in [5.41, 5.74) is 2.60. The molecule has 0 saturated heterocycles. The van der Waals surface area contributed by atoms with Crippen molar-refractivity contribution in [2.75, 3.05) is 5.32 Å². The van der Waals surface area contributed by atoms with Gasteiger partial charge in [-0.3, -0.25) is 4.79 Å². The van der Waals surface area contributed by atoms with Gasteiger partial charge >= 0.3 is 0 Å². The van der Waals surface area contributed by atoms with Gasteiger partial charge in [0.2, 0.25) is 5.91 Å². The van der Waals surface area contributed by atoms with E-state index < -0.39 is 6.04 Å². The lowest BCUT2D eigenvalue weighted by Crippen LogP contribution is -2.24. The molecular formula is C18H15N5OS. The van der Waals surface area contributed by atoms with Crippen molar-refractivity contribution < 1.29 is 4.79 Å². The Balaban J connectivity index is 1.66. The molecule has 4 aromatic rings. The molecule has 2 aromatic heterocycles. The van der Waals surface area contributed by atoms with Crippen molar-refractivity contribution in [3.8, 4) is 10.6 Å². The number of carbonyl (C=O) groups is 1. The molecule has 4 rings (SSSR count). The first-order chi connectivity index (χ1) is 12.2. The lowest BCUT2D eigenvalue weighted by atomic mass is 10.1. The van der Waals surface area contributed by atoms with E-state index in [-0.39, 0.29) is 5.91 Å². The maximum absolute atomic E-state index is 12.5. The number of nitrogens with one attached hydrogen (secondary N) is 1. The van der Waals surface area contributed by atoms with Gasteiger partial charge in [0.05, 0.1) is 15.9 Å². The zero-order valence-corrected chi connectivity index (χ0v) is 14.3. The number of anilines is 1. The second-order valence-electron chi connectivity index (χ2n) is 5.57. The Labute approximate surface area is 148 Å². The van der Waals surface area contributed by atoms with Crippen molar-refractivity contribution in [1.29, 1.82) is 0 Å². The standard InChI is InChI=1S/C18H15N5OS/c1-12(23-11-19-10-20-23)17(24)21-14-7-3-2-6-13(14)18-22-15-8-4-5-9-16(15)25-18/h2-12H,1H3,(H,21,24). The summed E-state index contributed by atoms with van der Waals surface area (Å²) < 4.78 is 2.64. The maximum Gasteiger partial charge on any atom is 0.249 e. The molecule has 0 spiro atoms. The molecule has 1 amide bonds. The molecule has 2 heterocycles. The van der Waals surface area contributed by atoms with Gasteiger partial charge in [-0.15, -0.1) is 11.3 Å². The number of benzene rings is 2. The Bertz CT molecular complexity index is 992. The molecule has 0 bridgehead atoms. The van der Waals surface area contributed by atoms with Crippen LogP contribution in [-0.2, 0) is 4.79 Å². The van der Waals surface area contributed by atoms with Crippen LogP contribution in [0.25, 0.3) is 20.8 Å². The number of fused-ring (bicyclic) bond motifs is 1. The molecule has 6 nitrogen and oxygen atoms in total. The summed E-state index contributed by atoms with van der Waals surface area (Å²) in [6, 6.07) is 15.2. The first-order valence-corrected chi connectivity index (χ1v) is 8.64. The van der Waals surface area contributed by atoms with Gasteiger partial charge in [0.1, 0.15) is 23.7 Å². The van der Waals surface area contributed by atoms with Crippen LogP contribution in [0.1, 0.15) is 13.0 Å². The van der Waals surface area contributed by atoms with Crippen molar-refractivity contribution in [3.63, 3.8) is 0 Å². The van der Waals surface area contributed by atoms with Crippen molar-refractivity contribution in [1.82, 2.24) is 19.7 Å². The van der Waals surface area contributed by atoms with Gasteiger partial charge in [-0.05, 0) is 31.2 Å². The van der Waals surface area contributed by atoms with E-state index in [0.717, 1.165) is 26.5 Å². The van der Waals surface area contributed by atoms with Gasteiger partial charge < -0.3 is 5.32 Å². The highest BCUT2D eigenvalue weighted by Gasteiger charge is 2.18. The number of rotatable bonds is 4. The second-order valence-corrected chi connectivity index (χ2v) is 6.60. The van der Waals surface area contributed by atoms with E-state index >= 15 is 0 Å². The third kappa shape index (κ3) is 3.01. The first-order valence-electron chi connectivity index (χ1n) is 7.82. The van der Waals surface area contributed by atoms with Crippen molar-refractivity contribution in [2.45, 2.75) is 13.0 Å². The molecule has 1 atom stereocenters. The maximum atomic E-state index is 12.5. The summed E-state index contributed by atoms with van der Waals surface area (Å²) >= 11 is 1.61. The van der Waals surface area contributed by atoms with Gasteiger partial charge in [0.25, 0.3) is 0 Å². The summed E-state index contributed by atoms with van der Waals surface area (Å²) in [5, 5.41) is 7.88. The number of thiazole rings is 1. The van der Waals surface area contributed by atoms with E-state index in [1.165, 1.54) is 17.3 Å². The third-order valence-corrected chi connectivity index (χ3v) is 4.99. The van der Waals surface area contributed by atoms with Crippen LogP contribution < -0.4 is 5.32 Å². The zero-order chi connectivity index (χ0) is 17.2. The molecule has 0 aliphatic rings. The van der Waals surface area contributed by atoms with E-state index in [1.807, 2.05) is 48.5 Å². The number of amides is 1. The molecule has 1 unspecified atom stereocenters. The Morgan fingerprint density at radius 1 is 1.16 bits per heavy atom. The molecule has 0 aliphatic heterocycles. The SMILES string of the molecule is CC(C(=O)Nc1ccccc1-c1nc2ccccc2s1)n1cncn1. The molecule has 124 valence electrons. The van der Waals surface area contributed by atoms with Gasteiger partial charge in [-0.25, -0.2) is 14.6 Å². The van der Waals surface area contributed by atoms with E-state index in [1.54, 1.807) is 18.3 Å². The smallest absolute Gasteiger partial charge is 0.249 e. The average Bonchev–Trinajstić information content (AvgIpc) is 3.31. The predicted octanol–water partition coefficient (Wildman–Crippen LogP) is 3.75. The van der Waals surface area contributed by atoms with E-state index in [9.17, 15) is 4.79 Å². The Morgan fingerprint density at radius 2 is 1.96 bits per heavy atom. The van der Waals surface area contributed by atoms with Crippen LogP contribution in [0.3, 0.4) is 0 Å². The molecule has 0 radical (unpaired) electrons. The lowest BCUT2D eigenvalue weighted by Gasteiger charge is -2.14. The molecule has 25 heavy (non-hydrogen) atoms. The molecule has 0 fully saturated rings. The average molecular weight is 349 g/mol. The highest BCUT2D eigenvalue weighted by Crippen LogP contribution is 2.34. The summed E-state index contributed by atoms with van der Waals surface area (Å²) in [6.07, 6.45) is 2.95. The number of hydrogen-bond acceptors (Lipinski definition) is 5. The third-order valence-electron chi connectivity index (χ3n) is 3.92. The number of carbonyl (C=O) groups excluding carboxylic acids is 1. The molecular weight excluding hydrogens is 334 g/mol. The number of hydrogen-bond donors (Lipinski definition) is 1. The summed E-state index contributed by atoms with van der Waals surface area (Å²) in [5.74, 6) is -0.154. The molecule has 0 aliphatic carbocycles. The van der Waals surface area contributed by atoms with Gasteiger partial charge in [0.15, 0.2) is 0 Å². The predicted molar refractivity (Wildman–Crippen MR) is 98.4 cm³/mol. The van der Waals surface area contributed by atoms with Crippen LogP contribution in [0.15, 0.2) is 61.2 Å². The quantitative estimate of drug-likeness (QED) is 0.609. The largest absolute Gasteiger partial charge is 0.324 e. The van der Waals surface area contributed by atoms with Crippen LogP contribution in [0.5, 0.6) is 0 Å². The zero-order valence-electron chi connectivity index (χ0n) is 13.5. The highest BCUT2D eigenvalue weighted by molar-refractivity contribution is 7.21. The number of aromatic nitrogens is 4. The fourth-order valence-electron chi connectivity index (χ4n) is 2.54. The van der Waals surface area contributed by atoms with E-state index in [2.05, 4.69) is 20.4 Å². The number of nitrogens with zero attached hydrogens (tertiary/aromatic N) is 4.